The van der Waals surface area contributed by atoms with Crippen LogP contribution in [0.1, 0.15) is 27.2 Å². The van der Waals surface area contributed by atoms with Gasteiger partial charge in [-0.1, -0.05) is 20.8 Å². The van der Waals surface area contributed by atoms with E-state index in [1.54, 1.807) is 7.11 Å². The average Bonchev–Trinajstić information content (AvgIpc) is 2.80. The van der Waals surface area contributed by atoms with E-state index in [-0.39, 0.29) is 23.7 Å². The molecule has 1 heterocycles. The summed E-state index contributed by atoms with van der Waals surface area (Å²) in [5, 5.41) is 0. The Labute approximate surface area is 128 Å². The Morgan fingerprint density at radius 1 is 1.40 bits per heavy atom. The quantitative estimate of drug-likeness (QED) is 0.751. The number of ether oxygens (including phenoxy) is 2. The van der Waals surface area contributed by atoms with E-state index in [4.69, 9.17) is 15.2 Å². The van der Waals surface area contributed by atoms with Gasteiger partial charge in [-0.05, 0) is 11.8 Å². The Kier molecular flexibility index (Phi) is 8.66. The number of carbonyl (C=O) groups excluding carboxylic acids is 1. The Morgan fingerprint density at radius 3 is 2.60 bits per heavy atom. The summed E-state index contributed by atoms with van der Waals surface area (Å²) in [5.74, 6) is 0.486. The molecule has 1 unspecified atom stereocenters. The fourth-order valence-electron chi connectivity index (χ4n) is 2.13. The first-order chi connectivity index (χ1) is 8.86. The standard InChI is InChI=1S/C14H28N2O3.ClH/c1-14(2,3)12(15)13(17)16-6-5-11(9-16)10-19-8-7-18-4;/h11-12H,5-10,15H2,1-4H3;1H/t11?,12-;/m1./s1. The molecule has 20 heavy (non-hydrogen) atoms. The number of methoxy groups -OCH3 is 1. The van der Waals surface area contributed by atoms with Crippen LogP contribution in [0, 0.1) is 11.3 Å². The van der Waals surface area contributed by atoms with Crippen molar-refractivity contribution in [1.29, 1.82) is 0 Å². The van der Waals surface area contributed by atoms with Crippen molar-refractivity contribution in [2.24, 2.45) is 17.1 Å². The summed E-state index contributed by atoms with van der Waals surface area (Å²) in [6.45, 7) is 9.46. The second-order valence-corrected chi connectivity index (χ2v) is 6.35. The lowest BCUT2D eigenvalue weighted by molar-refractivity contribution is -0.134. The van der Waals surface area contributed by atoms with Crippen molar-refractivity contribution in [3.05, 3.63) is 0 Å². The van der Waals surface area contributed by atoms with Crippen LogP contribution in [-0.4, -0.2) is 56.9 Å². The van der Waals surface area contributed by atoms with E-state index in [1.165, 1.54) is 0 Å². The Bertz CT molecular complexity index is 295. The maximum Gasteiger partial charge on any atom is 0.240 e. The van der Waals surface area contributed by atoms with Crippen molar-refractivity contribution in [1.82, 2.24) is 4.90 Å². The summed E-state index contributed by atoms with van der Waals surface area (Å²) in [6, 6.07) is -0.430. The van der Waals surface area contributed by atoms with Crippen LogP contribution in [0.3, 0.4) is 0 Å². The van der Waals surface area contributed by atoms with Gasteiger partial charge in [0.05, 0.1) is 25.9 Å². The first-order valence-corrected chi connectivity index (χ1v) is 6.97. The fourth-order valence-corrected chi connectivity index (χ4v) is 2.13. The predicted molar refractivity (Wildman–Crippen MR) is 82.1 cm³/mol. The molecule has 6 heteroatoms. The number of amides is 1. The van der Waals surface area contributed by atoms with E-state index in [1.807, 2.05) is 25.7 Å². The molecule has 1 fully saturated rings. The normalized spacial score (nSPS) is 20.6. The number of carbonyl (C=O) groups is 1. The zero-order valence-corrected chi connectivity index (χ0v) is 13.9. The SMILES string of the molecule is COCCOCC1CCN(C(=O)[C@@H](N)C(C)(C)C)C1.Cl. The van der Waals surface area contributed by atoms with Crippen LogP contribution in [0.5, 0.6) is 0 Å². The maximum atomic E-state index is 12.3. The molecule has 0 radical (unpaired) electrons. The minimum atomic E-state index is -0.430. The van der Waals surface area contributed by atoms with E-state index in [0.29, 0.717) is 25.7 Å². The van der Waals surface area contributed by atoms with Crippen molar-refractivity contribution in [2.45, 2.75) is 33.2 Å². The second-order valence-electron chi connectivity index (χ2n) is 6.35. The molecule has 1 aliphatic heterocycles. The number of likely N-dealkylation sites (tertiary alicyclic amines) is 1. The highest BCUT2D eigenvalue weighted by Gasteiger charge is 2.34. The van der Waals surface area contributed by atoms with Gasteiger partial charge in [0.15, 0.2) is 0 Å². The molecule has 0 saturated carbocycles. The third-order valence-electron chi connectivity index (χ3n) is 3.58. The molecule has 1 rings (SSSR count). The van der Waals surface area contributed by atoms with Gasteiger partial charge in [-0.2, -0.15) is 0 Å². The summed E-state index contributed by atoms with van der Waals surface area (Å²) < 4.78 is 10.4. The van der Waals surface area contributed by atoms with E-state index < -0.39 is 6.04 Å². The molecule has 0 aromatic heterocycles. The Hall–Kier alpha value is -0.360. The Balaban J connectivity index is 0.00000361. The van der Waals surface area contributed by atoms with Crippen LogP contribution in [0.4, 0.5) is 0 Å². The van der Waals surface area contributed by atoms with Crippen LogP contribution in [0.2, 0.25) is 0 Å². The lowest BCUT2D eigenvalue weighted by Gasteiger charge is -2.30. The van der Waals surface area contributed by atoms with Crippen LogP contribution >= 0.6 is 12.4 Å². The number of nitrogens with zero attached hydrogens (tertiary/aromatic N) is 1. The van der Waals surface area contributed by atoms with Gasteiger partial charge >= 0.3 is 0 Å². The molecule has 0 aromatic carbocycles. The third kappa shape index (κ3) is 5.95. The summed E-state index contributed by atoms with van der Waals surface area (Å²) in [5.41, 5.74) is 5.83. The molecule has 0 aromatic rings. The molecule has 2 N–H and O–H groups in total. The zero-order valence-electron chi connectivity index (χ0n) is 13.1. The molecule has 1 amide bonds. The number of hydrogen-bond acceptors (Lipinski definition) is 4. The molecule has 0 bridgehead atoms. The number of nitrogens with two attached hydrogens (primary N) is 1. The summed E-state index contributed by atoms with van der Waals surface area (Å²) >= 11 is 0. The van der Waals surface area contributed by atoms with Crippen LogP contribution < -0.4 is 5.73 Å². The number of hydrogen-bond donors (Lipinski definition) is 1. The predicted octanol–water partition coefficient (Wildman–Crippen LogP) is 1.29. The van der Waals surface area contributed by atoms with Crippen LogP contribution in [0.25, 0.3) is 0 Å². The van der Waals surface area contributed by atoms with E-state index in [0.717, 1.165) is 19.5 Å². The number of halogens is 1. The van der Waals surface area contributed by atoms with E-state index >= 15 is 0 Å². The highest BCUT2D eigenvalue weighted by Crippen LogP contribution is 2.23. The second kappa shape index (κ2) is 8.82. The largest absolute Gasteiger partial charge is 0.382 e. The van der Waals surface area contributed by atoms with Gasteiger partial charge in [-0.25, -0.2) is 0 Å². The highest BCUT2D eigenvalue weighted by molar-refractivity contribution is 5.85. The Morgan fingerprint density at radius 2 is 2.05 bits per heavy atom. The maximum absolute atomic E-state index is 12.3. The molecule has 1 aliphatic rings. The lowest BCUT2D eigenvalue weighted by Crippen LogP contribution is -2.49. The first kappa shape index (κ1) is 19.6. The van der Waals surface area contributed by atoms with Crippen molar-refractivity contribution in [3.8, 4) is 0 Å². The van der Waals surface area contributed by atoms with Gasteiger partial charge in [-0.3, -0.25) is 4.79 Å². The van der Waals surface area contributed by atoms with Crippen molar-refractivity contribution >= 4 is 18.3 Å². The molecule has 0 aliphatic carbocycles. The minimum absolute atomic E-state index is 0. The smallest absolute Gasteiger partial charge is 0.240 e. The van der Waals surface area contributed by atoms with Gasteiger partial charge < -0.3 is 20.1 Å². The van der Waals surface area contributed by atoms with Gasteiger partial charge in [-0.15, -0.1) is 12.4 Å². The van der Waals surface area contributed by atoms with Crippen LogP contribution in [0.15, 0.2) is 0 Å². The zero-order chi connectivity index (χ0) is 14.5. The molecule has 120 valence electrons. The average molecular weight is 309 g/mol. The summed E-state index contributed by atoms with van der Waals surface area (Å²) in [7, 11) is 1.66. The lowest BCUT2D eigenvalue weighted by atomic mass is 9.86. The van der Waals surface area contributed by atoms with Gasteiger partial charge in [0.1, 0.15) is 0 Å². The van der Waals surface area contributed by atoms with E-state index in [9.17, 15) is 4.79 Å². The topological polar surface area (TPSA) is 64.8 Å². The molecule has 0 spiro atoms. The molecule has 2 atom stereocenters. The van der Waals surface area contributed by atoms with E-state index in [2.05, 4.69) is 0 Å². The molecule has 1 saturated heterocycles. The molecule has 5 nitrogen and oxygen atoms in total. The van der Waals surface area contributed by atoms with Gasteiger partial charge in [0.2, 0.25) is 5.91 Å². The third-order valence-corrected chi connectivity index (χ3v) is 3.58. The van der Waals surface area contributed by atoms with Gasteiger partial charge in [0.25, 0.3) is 0 Å². The highest BCUT2D eigenvalue weighted by atomic mass is 35.5. The van der Waals surface area contributed by atoms with Crippen molar-refractivity contribution in [3.63, 3.8) is 0 Å². The monoisotopic (exact) mass is 308 g/mol. The molecular formula is C14H29ClN2O3. The van der Waals surface area contributed by atoms with Gasteiger partial charge in [0, 0.05) is 26.1 Å². The summed E-state index contributed by atoms with van der Waals surface area (Å²) in [6.07, 6.45) is 0.996. The summed E-state index contributed by atoms with van der Waals surface area (Å²) in [4.78, 5) is 14.1. The van der Waals surface area contributed by atoms with Crippen molar-refractivity contribution < 1.29 is 14.3 Å². The minimum Gasteiger partial charge on any atom is -0.382 e. The first-order valence-electron chi connectivity index (χ1n) is 6.97. The molecular weight excluding hydrogens is 280 g/mol. The number of rotatable bonds is 6. The fraction of sp³-hybridized carbons (Fsp3) is 0.929. The van der Waals surface area contributed by atoms with Crippen molar-refractivity contribution in [2.75, 3.05) is 40.0 Å². The van der Waals surface area contributed by atoms with Crippen LogP contribution in [-0.2, 0) is 14.3 Å².